The van der Waals surface area contributed by atoms with E-state index in [0.29, 0.717) is 39.2 Å². The minimum Gasteiger partial charge on any atom is -0.454 e. The topological polar surface area (TPSA) is 88.2 Å². The normalized spacial score (nSPS) is 19.9. The van der Waals surface area contributed by atoms with E-state index in [4.69, 9.17) is 9.47 Å². The molecular formula is C18H23N3O5. The summed E-state index contributed by atoms with van der Waals surface area (Å²) in [5.41, 5.74) is 0.733. The highest BCUT2D eigenvalue weighted by Crippen LogP contribution is 2.13. The number of carbonyl (C=O) groups is 3. The van der Waals surface area contributed by atoms with E-state index in [9.17, 15) is 14.4 Å². The first kappa shape index (κ1) is 18.2. The fourth-order valence-electron chi connectivity index (χ4n) is 2.96. The number of piperazine rings is 1. The van der Waals surface area contributed by atoms with Gasteiger partial charge in [-0.3, -0.25) is 4.79 Å². The maximum atomic E-state index is 12.2. The van der Waals surface area contributed by atoms with Crippen LogP contribution in [0.25, 0.3) is 0 Å². The molecule has 8 heteroatoms. The van der Waals surface area contributed by atoms with Gasteiger partial charge >= 0.3 is 12.0 Å². The Bertz CT molecular complexity index is 637. The van der Waals surface area contributed by atoms with Crippen molar-refractivity contribution in [1.29, 1.82) is 0 Å². The van der Waals surface area contributed by atoms with Gasteiger partial charge in [-0.25, -0.2) is 9.59 Å². The summed E-state index contributed by atoms with van der Waals surface area (Å²) in [6.07, 6.45) is 0.935. The quantitative estimate of drug-likeness (QED) is 0.811. The van der Waals surface area contributed by atoms with Crippen molar-refractivity contribution in [3.8, 4) is 0 Å². The molecule has 0 spiro atoms. The zero-order chi connectivity index (χ0) is 18.4. The number of hydrogen-bond donors (Lipinski definition) is 1. The third-order valence-corrected chi connectivity index (χ3v) is 4.48. The number of benzene rings is 1. The summed E-state index contributed by atoms with van der Waals surface area (Å²) in [6.45, 7) is 1.97. The van der Waals surface area contributed by atoms with E-state index in [1.807, 2.05) is 30.3 Å². The summed E-state index contributed by atoms with van der Waals surface area (Å²) in [7, 11) is 0. The van der Waals surface area contributed by atoms with Crippen LogP contribution in [0.3, 0.4) is 0 Å². The average Bonchev–Trinajstić information content (AvgIpc) is 3.21. The lowest BCUT2D eigenvalue weighted by molar-refractivity contribution is -0.160. The van der Waals surface area contributed by atoms with E-state index in [2.05, 4.69) is 5.32 Å². The van der Waals surface area contributed by atoms with E-state index >= 15 is 0 Å². The van der Waals surface area contributed by atoms with Crippen molar-refractivity contribution >= 4 is 23.6 Å². The smallest absolute Gasteiger partial charge is 0.335 e. The van der Waals surface area contributed by atoms with Crippen molar-refractivity contribution in [2.75, 3.05) is 44.7 Å². The molecule has 0 aromatic heterocycles. The molecule has 140 valence electrons. The Morgan fingerprint density at radius 1 is 1.08 bits per heavy atom. The Morgan fingerprint density at radius 3 is 2.42 bits per heavy atom. The first-order valence-corrected chi connectivity index (χ1v) is 8.80. The van der Waals surface area contributed by atoms with Gasteiger partial charge in [0.15, 0.2) is 12.7 Å². The Balaban J connectivity index is 1.39. The lowest BCUT2D eigenvalue weighted by atomic mass is 10.2. The van der Waals surface area contributed by atoms with Gasteiger partial charge in [-0.15, -0.1) is 0 Å². The average molecular weight is 361 g/mol. The van der Waals surface area contributed by atoms with Crippen LogP contribution in [0.1, 0.15) is 12.8 Å². The van der Waals surface area contributed by atoms with Crippen molar-refractivity contribution in [2.24, 2.45) is 0 Å². The van der Waals surface area contributed by atoms with Crippen molar-refractivity contribution in [3.63, 3.8) is 0 Å². The number of ether oxygens (including phenoxy) is 2. The van der Waals surface area contributed by atoms with E-state index in [1.165, 1.54) is 0 Å². The zero-order valence-corrected chi connectivity index (χ0v) is 14.6. The summed E-state index contributed by atoms with van der Waals surface area (Å²) >= 11 is 0. The van der Waals surface area contributed by atoms with Crippen LogP contribution in [0.15, 0.2) is 30.3 Å². The molecule has 1 atom stereocenters. The molecule has 26 heavy (non-hydrogen) atoms. The second-order valence-corrected chi connectivity index (χ2v) is 6.27. The van der Waals surface area contributed by atoms with Crippen LogP contribution < -0.4 is 5.32 Å². The van der Waals surface area contributed by atoms with Crippen molar-refractivity contribution in [3.05, 3.63) is 30.3 Å². The second-order valence-electron chi connectivity index (χ2n) is 6.27. The highest BCUT2D eigenvalue weighted by atomic mass is 16.6. The number of anilines is 1. The van der Waals surface area contributed by atoms with E-state index in [1.54, 1.807) is 9.80 Å². The number of carbonyl (C=O) groups excluding carboxylic acids is 3. The van der Waals surface area contributed by atoms with Gasteiger partial charge in [0.2, 0.25) is 0 Å². The molecule has 1 aromatic rings. The molecule has 1 N–H and O–H groups in total. The molecule has 2 aliphatic heterocycles. The number of nitrogens with one attached hydrogen (secondary N) is 1. The fraction of sp³-hybridized carbons (Fsp3) is 0.500. The molecular weight excluding hydrogens is 338 g/mol. The van der Waals surface area contributed by atoms with Crippen molar-refractivity contribution < 1.29 is 23.9 Å². The van der Waals surface area contributed by atoms with Crippen LogP contribution in [0.4, 0.5) is 10.5 Å². The maximum absolute atomic E-state index is 12.2. The number of amides is 3. The van der Waals surface area contributed by atoms with Crippen LogP contribution >= 0.6 is 0 Å². The predicted octanol–water partition coefficient (Wildman–Crippen LogP) is 1.08. The fourth-order valence-corrected chi connectivity index (χ4v) is 2.96. The first-order valence-electron chi connectivity index (χ1n) is 8.80. The van der Waals surface area contributed by atoms with Crippen LogP contribution in [0.5, 0.6) is 0 Å². The van der Waals surface area contributed by atoms with Gasteiger partial charge in [0.05, 0.1) is 0 Å². The molecule has 2 saturated heterocycles. The standard InChI is InChI=1S/C18H23N3O5/c22-16(13-26-17(23)15-7-4-12-25-15)20-8-10-21(11-9-20)18(24)19-14-5-2-1-3-6-14/h1-3,5-6,15H,4,7-13H2,(H,19,24)/t15-/m0/s1. The van der Waals surface area contributed by atoms with Crippen LogP contribution in [-0.2, 0) is 19.1 Å². The Hall–Kier alpha value is -2.61. The Morgan fingerprint density at radius 2 is 1.77 bits per heavy atom. The van der Waals surface area contributed by atoms with Gasteiger partial charge in [-0.1, -0.05) is 18.2 Å². The molecule has 1 aromatic carbocycles. The summed E-state index contributed by atoms with van der Waals surface area (Å²) in [4.78, 5) is 39.4. The van der Waals surface area contributed by atoms with Gasteiger partial charge in [0.25, 0.3) is 5.91 Å². The zero-order valence-electron chi connectivity index (χ0n) is 14.6. The van der Waals surface area contributed by atoms with Crippen LogP contribution in [0.2, 0.25) is 0 Å². The predicted molar refractivity (Wildman–Crippen MR) is 93.5 cm³/mol. The van der Waals surface area contributed by atoms with E-state index in [0.717, 1.165) is 12.1 Å². The Labute approximate surface area is 152 Å². The summed E-state index contributed by atoms with van der Waals surface area (Å²) in [6, 6.07) is 9.04. The summed E-state index contributed by atoms with van der Waals surface area (Å²) < 4.78 is 10.3. The monoisotopic (exact) mass is 361 g/mol. The minimum absolute atomic E-state index is 0.187. The summed E-state index contributed by atoms with van der Waals surface area (Å²) in [5.74, 6) is -0.726. The number of hydrogen-bond acceptors (Lipinski definition) is 5. The third kappa shape index (κ3) is 4.72. The maximum Gasteiger partial charge on any atom is 0.335 e. The molecule has 0 radical (unpaired) electrons. The molecule has 0 saturated carbocycles. The highest BCUT2D eigenvalue weighted by Gasteiger charge is 2.28. The second kappa shape index (κ2) is 8.66. The van der Waals surface area contributed by atoms with Gasteiger partial charge in [0, 0.05) is 38.5 Å². The molecule has 0 bridgehead atoms. The van der Waals surface area contributed by atoms with E-state index in [-0.39, 0.29) is 18.5 Å². The Kier molecular flexibility index (Phi) is 6.06. The van der Waals surface area contributed by atoms with E-state index < -0.39 is 12.1 Å². The first-order chi connectivity index (χ1) is 12.6. The molecule has 8 nitrogen and oxygen atoms in total. The number of urea groups is 1. The van der Waals surface area contributed by atoms with Crippen LogP contribution in [0, 0.1) is 0 Å². The number of rotatable bonds is 4. The van der Waals surface area contributed by atoms with Crippen LogP contribution in [-0.4, -0.2) is 73.2 Å². The minimum atomic E-state index is -0.540. The van der Waals surface area contributed by atoms with Gasteiger partial charge in [-0.2, -0.15) is 0 Å². The molecule has 0 unspecified atom stereocenters. The molecule has 0 aliphatic carbocycles. The van der Waals surface area contributed by atoms with Crippen molar-refractivity contribution in [1.82, 2.24) is 9.80 Å². The van der Waals surface area contributed by atoms with Gasteiger partial charge in [0.1, 0.15) is 0 Å². The highest BCUT2D eigenvalue weighted by molar-refractivity contribution is 5.89. The largest absolute Gasteiger partial charge is 0.454 e. The van der Waals surface area contributed by atoms with Gasteiger partial charge in [-0.05, 0) is 25.0 Å². The van der Waals surface area contributed by atoms with Crippen molar-refractivity contribution in [2.45, 2.75) is 18.9 Å². The molecule has 2 aliphatic rings. The third-order valence-electron chi connectivity index (χ3n) is 4.48. The molecule has 3 amide bonds. The SMILES string of the molecule is O=C(OCC(=O)N1CCN(C(=O)Nc2ccccc2)CC1)[C@@H]1CCCO1. The number of esters is 1. The molecule has 3 rings (SSSR count). The summed E-state index contributed by atoms with van der Waals surface area (Å²) in [5, 5.41) is 2.83. The number of para-hydroxylation sites is 1. The lowest BCUT2D eigenvalue weighted by Crippen LogP contribution is -2.52. The lowest BCUT2D eigenvalue weighted by Gasteiger charge is -2.34. The molecule has 2 fully saturated rings. The molecule has 2 heterocycles. The van der Waals surface area contributed by atoms with Gasteiger partial charge < -0.3 is 24.6 Å². The number of nitrogens with zero attached hydrogens (tertiary/aromatic N) is 2.